The molecule has 1 amide bonds. The van der Waals surface area contributed by atoms with Gasteiger partial charge in [0, 0.05) is 25.2 Å². The molecule has 0 aliphatic carbocycles. The van der Waals surface area contributed by atoms with Crippen LogP contribution in [0.25, 0.3) is 0 Å². The number of hydrogen-bond acceptors (Lipinski definition) is 7. The summed E-state index contributed by atoms with van der Waals surface area (Å²) in [6.45, 7) is 2.56. The van der Waals surface area contributed by atoms with Crippen LogP contribution in [0.5, 0.6) is 5.75 Å². The lowest BCUT2D eigenvalue weighted by molar-refractivity contribution is -0.0220. The first kappa shape index (κ1) is 19.1. The largest absolute Gasteiger partial charge is 0.497 e. The Hall–Kier alpha value is -1.71. The van der Waals surface area contributed by atoms with E-state index < -0.39 is 18.3 Å². The van der Waals surface area contributed by atoms with Gasteiger partial charge in [-0.05, 0) is 24.3 Å². The van der Waals surface area contributed by atoms with Gasteiger partial charge in [0.1, 0.15) is 18.0 Å². The molecule has 26 heavy (non-hydrogen) atoms. The Morgan fingerprint density at radius 3 is 2.58 bits per heavy atom. The lowest BCUT2D eigenvalue weighted by Gasteiger charge is -2.36. The van der Waals surface area contributed by atoms with E-state index in [1.165, 1.54) is 0 Å². The minimum atomic E-state index is -0.805. The number of ether oxygens (including phenoxy) is 3. The van der Waals surface area contributed by atoms with Crippen molar-refractivity contribution >= 4 is 5.91 Å². The van der Waals surface area contributed by atoms with Crippen LogP contribution in [0.3, 0.4) is 0 Å². The minimum Gasteiger partial charge on any atom is -0.497 e. The van der Waals surface area contributed by atoms with Crippen LogP contribution in [0.2, 0.25) is 0 Å². The zero-order valence-corrected chi connectivity index (χ0v) is 14.8. The molecule has 0 bridgehead atoms. The van der Waals surface area contributed by atoms with Gasteiger partial charge in [-0.15, -0.1) is 0 Å². The van der Waals surface area contributed by atoms with Crippen molar-refractivity contribution in [3.05, 3.63) is 29.8 Å². The predicted octanol–water partition coefficient (Wildman–Crippen LogP) is -0.754. The van der Waals surface area contributed by atoms with Gasteiger partial charge >= 0.3 is 0 Å². The molecule has 4 atom stereocenters. The van der Waals surface area contributed by atoms with Crippen molar-refractivity contribution in [1.29, 1.82) is 0 Å². The maximum Gasteiger partial charge on any atom is 0.251 e. The monoisotopic (exact) mass is 366 g/mol. The molecule has 3 N–H and O–H groups in total. The van der Waals surface area contributed by atoms with Crippen LogP contribution in [-0.2, 0) is 9.47 Å². The van der Waals surface area contributed by atoms with E-state index in [-0.39, 0.29) is 25.1 Å². The highest BCUT2D eigenvalue weighted by Crippen LogP contribution is 2.26. The molecule has 0 saturated carbocycles. The van der Waals surface area contributed by atoms with Gasteiger partial charge in [-0.3, -0.25) is 9.69 Å². The zero-order valence-electron chi connectivity index (χ0n) is 14.8. The predicted molar refractivity (Wildman–Crippen MR) is 93.3 cm³/mol. The van der Waals surface area contributed by atoms with Gasteiger partial charge in [0.05, 0.1) is 39.1 Å². The summed E-state index contributed by atoms with van der Waals surface area (Å²) in [7, 11) is 1.57. The Kier molecular flexibility index (Phi) is 6.44. The van der Waals surface area contributed by atoms with Crippen LogP contribution in [-0.4, -0.2) is 91.9 Å². The highest BCUT2D eigenvalue weighted by Gasteiger charge is 2.46. The Morgan fingerprint density at radius 1 is 1.27 bits per heavy atom. The lowest BCUT2D eigenvalue weighted by Crippen LogP contribution is -2.54. The molecule has 2 heterocycles. The average Bonchev–Trinajstić information content (AvgIpc) is 3.02. The summed E-state index contributed by atoms with van der Waals surface area (Å²) in [5.41, 5.74) is 0.519. The number of aliphatic hydroxyl groups is 2. The summed E-state index contributed by atoms with van der Waals surface area (Å²) in [6.07, 6.45) is -1.85. The van der Waals surface area contributed by atoms with Crippen molar-refractivity contribution in [3.8, 4) is 5.75 Å². The first-order chi connectivity index (χ1) is 12.6. The maximum atomic E-state index is 12.4. The summed E-state index contributed by atoms with van der Waals surface area (Å²) < 4.78 is 16.2. The number of nitrogens with zero attached hydrogens (tertiary/aromatic N) is 1. The van der Waals surface area contributed by atoms with Gasteiger partial charge < -0.3 is 29.7 Å². The summed E-state index contributed by atoms with van der Waals surface area (Å²) in [5.74, 6) is 0.459. The number of aliphatic hydroxyl groups excluding tert-OH is 2. The van der Waals surface area contributed by atoms with Crippen LogP contribution in [0.4, 0.5) is 0 Å². The molecule has 144 valence electrons. The highest BCUT2D eigenvalue weighted by atomic mass is 16.5. The standard InChI is InChI=1S/C18H26N2O6/c1-24-13-4-2-12(3-5-13)18(23)19-10-14-16(17(22)15(11-21)26-14)20-6-8-25-9-7-20/h2-5,14-17,21-22H,6-11H2,1H3,(H,19,23)/t14-,15-,16-,17+/m0/s1. The number of benzene rings is 1. The van der Waals surface area contributed by atoms with Crippen molar-refractivity contribution in [2.45, 2.75) is 24.4 Å². The van der Waals surface area contributed by atoms with E-state index in [4.69, 9.17) is 14.2 Å². The molecule has 1 aromatic carbocycles. The van der Waals surface area contributed by atoms with Crippen molar-refractivity contribution < 1.29 is 29.2 Å². The smallest absolute Gasteiger partial charge is 0.251 e. The number of rotatable bonds is 6. The van der Waals surface area contributed by atoms with Gasteiger partial charge in [0.2, 0.25) is 0 Å². The Morgan fingerprint density at radius 2 is 1.96 bits per heavy atom. The van der Waals surface area contributed by atoms with E-state index in [0.717, 1.165) is 0 Å². The third kappa shape index (κ3) is 4.16. The molecule has 0 radical (unpaired) electrons. The van der Waals surface area contributed by atoms with Gasteiger partial charge in [-0.1, -0.05) is 0 Å². The number of morpholine rings is 1. The Balaban J connectivity index is 1.62. The van der Waals surface area contributed by atoms with Crippen molar-refractivity contribution in [2.75, 3.05) is 46.6 Å². The number of carbonyl (C=O) groups excluding carboxylic acids is 1. The summed E-state index contributed by atoms with van der Waals surface area (Å²) in [4.78, 5) is 14.5. The molecule has 2 aliphatic rings. The molecular weight excluding hydrogens is 340 g/mol. The molecule has 2 fully saturated rings. The Bertz CT molecular complexity index is 590. The average molecular weight is 366 g/mol. The van der Waals surface area contributed by atoms with Gasteiger partial charge in [-0.25, -0.2) is 0 Å². The second-order valence-electron chi connectivity index (χ2n) is 6.46. The molecule has 0 unspecified atom stereocenters. The first-order valence-corrected chi connectivity index (χ1v) is 8.82. The van der Waals surface area contributed by atoms with E-state index >= 15 is 0 Å². The third-order valence-electron chi connectivity index (χ3n) is 4.92. The number of carbonyl (C=O) groups is 1. The van der Waals surface area contributed by atoms with E-state index in [1.807, 2.05) is 0 Å². The van der Waals surface area contributed by atoms with Crippen LogP contribution in [0.15, 0.2) is 24.3 Å². The molecule has 2 aliphatic heterocycles. The first-order valence-electron chi connectivity index (χ1n) is 8.82. The van der Waals surface area contributed by atoms with E-state index in [0.29, 0.717) is 37.6 Å². The van der Waals surface area contributed by atoms with Gasteiger partial charge in [0.25, 0.3) is 5.91 Å². The van der Waals surface area contributed by atoms with Crippen LogP contribution >= 0.6 is 0 Å². The number of amides is 1. The van der Waals surface area contributed by atoms with Crippen molar-refractivity contribution in [3.63, 3.8) is 0 Å². The SMILES string of the molecule is COc1ccc(C(=O)NC[C@@H]2O[C@@H](CO)[C@@H](O)[C@H]2N2CCOCC2)cc1. The fraction of sp³-hybridized carbons (Fsp3) is 0.611. The fourth-order valence-corrected chi connectivity index (χ4v) is 3.51. The maximum absolute atomic E-state index is 12.4. The molecule has 0 aromatic heterocycles. The number of nitrogens with one attached hydrogen (secondary N) is 1. The minimum absolute atomic E-state index is 0.223. The van der Waals surface area contributed by atoms with E-state index in [1.54, 1.807) is 31.4 Å². The molecule has 2 saturated heterocycles. The molecular formula is C18H26N2O6. The van der Waals surface area contributed by atoms with Gasteiger partial charge in [-0.2, -0.15) is 0 Å². The fourth-order valence-electron chi connectivity index (χ4n) is 3.51. The van der Waals surface area contributed by atoms with Crippen LogP contribution in [0, 0.1) is 0 Å². The van der Waals surface area contributed by atoms with Crippen molar-refractivity contribution in [1.82, 2.24) is 10.2 Å². The van der Waals surface area contributed by atoms with E-state index in [2.05, 4.69) is 10.2 Å². The third-order valence-corrected chi connectivity index (χ3v) is 4.92. The summed E-state index contributed by atoms with van der Waals surface area (Å²) >= 11 is 0. The summed E-state index contributed by atoms with van der Waals surface area (Å²) in [5, 5.41) is 22.8. The van der Waals surface area contributed by atoms with Crippen LogP contribution in [0.1, 0.15) is 10.4 Å². The number of hydrogen-bond donors (Lipinski definition) is 3. The quantitative estimate of drug-likeness (QED) is 0.609. The second-order valence-corrected chi connectivity index (χ2v) is 6.46. The van der Waals surface area contributed by atoms with Gasteiger partial charge in [0.15, 0.2) is 0 Å². The lowest BCUT2D eigenvalue weighted by atomic mass is 10.0. The van der Waals surface area contributed by atoms with Crippen LogP contribution < -0.4 is 10.1 Å². The molecule has 8 heteroatoms. The topological polar surface area (TPSA) is 100 Å². The number of methoxy groups -OCH3 is 1. The molecule has 3 rings (SSSR count). The van der Waals surface area contributed by atoms with Crippen molar-refractivity contribution in [2.24, 2.45) is 0 Å². The highest BCUT2D eigenvalue weighted by molar-refractivity contribution is 5.94. The second kappa shape index (κ2) is 8.79. The normalized spacial score (nSPS) is 29.5. The molecule has 0 spiro atoms. The Labute approximate surface area is 152 Å². The molecule has 1 aromatic rings. The summed E-state index contributed by atoms with van der Waals surface area (Å²) in [6, 6.07) is 6.54. The van der Waals surface area contributed by atoms with E-state index in [9.17, 15) is 15.0 Å². The zero-order chi connectivity index (χ0) is 18.5. The molecule has 8 nitrogen and oxygen atoms in total.